The Labute approximate surface area is 158 Å². The van der Waals surface area contributed by atoms with Crippen LogP contribution in [0.5, 0.6) is 0 Å². The van der Waals surface area contributed by atoms with E-state index in [-0.39, 0.29) is 17.5 Å². The van der Waals surface area contributed by atoms with E-state index in [2.05, 4.69) is 4.98 Å². The van der Waals surface area contributed by atoms with E-state index in [1.807, 2.05) is 36.1 Å². The van der Waals surface area contributed by atoms with E-state index >= 15 is 0 Å². The normalized spacial score (nSPS) is 15.1. The lowest BCUT2D eigenvalue weighted by Crippen LogP contribution is -2.42. The van der Waals surface area contributed by atoms with Crippen LogP contribution in [-0.2, 0) is 6.54 Å². The lowest BCUT2D eigenvalue weighted by atomic mass is 9.93. The SMILES string of the molecule is Cc1cccc2cc(CN(C(=O)c3ccco3)C3CCCCC3)c(=O)[nH]c12. The number of carbonyl (C=O) groups is 1. The number of amides is 1. The van der Waals surface area contributed by atoms with Gasteiger partial charge >= 0.3 is 0 Å². The number of fused-ring (bicyclic) bond motifs is 1. The number of nitrogens with zero attached hydrogens (tertiary/aromatic N) is 1. The highest BCUT2D eigenvalue weighted by Gasteiger charge is 2.28. The standard InChI is InChI=1S/C22H24N2O3/c1-15-7-5-8-16-13-17(21(25)23-20(15)16)14-24(18-9-3-2-4-10-18)22(26)19-11-6-12-27-19/h5-8,11-13,18H,2-4,9-10,14H2,1H3,(H,23,25). The second-order valence-corrected chi connectivity index (χ2v) is 7.37. The summed E-state index contributed by atoms with van der Waals surface area (Å²) < 4.78 is 5.34. The number of nitrogens with one attached hydrogen (secondary N) is 1. The lowest BCUT2D eigenvalue weighted by molar-refractivity contribution is 0.0581. The molecular formula is C22H24N2O3. The lowest BCUT2D eigenvalue weighted by Gasteiger charge is -2.33. The van der Waals surface area contributed by atoms with Crippen LogP contribution in [0.15, 0.2) is 51.9 Å². The second-order valence-electron chi connectivity index (χ2n) is 7.37. The number of aryl methyl sites for hydroxylation is 1. The molecule has 1 N–H and O–H groups in total. The molecule has 0 radical (unpaired) electrons. The van der Waals surface area contributed by atoms with Crippen LogP contribution in [0.1, 0.15) is 53.8 Å². The van der Waals surface area contributed by atoms with Crippen molar-refractivity contribution in [3.05, 3.63) is 69.9 Å². The predicted molar refractivity (Wildman–Crippen MR) is 105 cm³/mol. The molecule has 2 heterocycles. The van der Waals surface area contributed by atoms with E-state index in [1.54, 1.807) is 12.1 Å². The van der Waals surface area contributed by atoms with Crippen molar-refractivity contribution in [2.45, 2.75) is 51.6 Å². The Hall–Kier alpha value is -2.82. The van der Waals surface area contributed by atoms with Gasteiger partial charge in [0, 0.05) is 11.6 Å². The summed E-state index contributed by atoms with van der Waals surface area (Å²) in [5.74, 6) is 0.185. The number of furan rings is 1. The highest BCUT2D eigenvalue weighted by atomic mass is 16.3. The van der Waals surface area contributed by atoms with Gasteiger partial charge in [0.2, 0.25) is 0 Å². The van der Waals surface area contributed by atoms with Gasteiger partial charge in [-0.2, -0.15) is 0 Å². The molecule has 1 amide bonds. The van der Waals surface area contributed by atoms with Gasteiger partial charge in [-0.05, 0) is 48.9 Å². The van der Waals surface area contributed by atoms with Crippen LogP contribution in [0.25, 0.3) is 10.9 Å². The zero-order valence-electron chi connectivity index (χ0n) is 15.5. The number of hydrogen-bond donors (Lipinski definition) is 1. The van der Waals surface area contributed by atoms with Gasteiger partial charge in [0.25, 0.3) is 11.5 Å². The Kier molecular flexibility index (Phi) is 4.84. The molecule has 4 rings (SSSR count). The number of hydrogen-bond acceptors (Lipinski definition) is 3. The van der Waals surface area contributed by atoms with Crippen molar-refractivity contribution in [3.8, 4) is 0 Å². The van der Waals surface area contributed by atoms with Crippen LogP contribution in [-0.4, -0.2) is 21.8 Å². The predicted octanol–water partition coefficient (Wildman–Crippen LogP) is 4.40. The largest absolute Gasteiger partial charge is 0.459 e. The first-order valence-electron chi connectivity index (χ1n) is 9.59. The maximum Gasteiger partial charge on any atom is 0.290 e. The number of benzene rings is 1. The molecule has 27 heavy (non-hydrogen) atoms. The zero-order chi connectivity index (χ0) is 18.8. The van der Waals surface area contributed by atoms with Crippen LogP contribution in [0.4, 0.5) is 0 Å². The van der Waals surface area contributed by atoms with Gasteiger partial charge in [0.1, 0.15) is 0 Å². The monoisotopic (exact) mass is 364 g/mol. The molecule has 1 saturated carbocycles. The molecular weight excluding hydrogens is 340 g/mol. The number of aromatic nitrogens is 1. The summed E-state index contributed by atoms with van der Waals surface area (Å²) in [5, 5.41) is 0.985. The highest BCUT2D eigenvalue weighted by Crippen LogP contribution is 2.26. The summed E-state index contributed by atoms with van der Waals surface area (Å²) in [6.45, 7) is 2.27. The fraction of sp³-hybridized carbons (Fsp3) is 0.364. The number of para-hydroxylation sites is 1. The first-order chi connectivity index (χ1) is 13.1. The molecule has 0 saturated heterocycles. The van der Waals surface area contributed by atoms with Gasteiger partial charge in [-0.3, -0.25) is 9.59 Å². The quantitative estimate of drug-likeness (QED) is 0.746. The van der Waals surface area contributed by atoms with Crippen LogP contribution in [0.2, 0.25) is 0 Å². The van der Waals surface area contributed by atoms with E-state index in [9.17, 15) is 9.59 Å². The van der Waals surface area contributed by atoms with Crippen LogP contribution in [0.3, 0.4) is 0 Å². The van der Waals surface area contributed by atoms with Crippen molar-refractivity contribution in [1.29, 1.82) is 0 Å². The van der Waals surface area contributed by atoms with Gasteiger partial charge in [0.05, 0.1) is 18.3 Å². The minimum Gasteiger partial charge on any atom is -0.459 e. The topological polar surface area (TPSA) is 66.3 Å². The fourth-order valence-corrected chi connectivity index (χ4v) is 4.03. The van der Waals surface area contributed by atoms with Crippen molar-refractivity contribution < 1.29 is 9.21 Å². The molecule has 1 fully saturated rings. The fourth-order valence-electron chi connectivity index (χ4n) is 4.03. The van der Waals surface area contributed by atoms with Gasteiger partial charge in [-0.25, -0.2) is 0 Å². The van der Waals surface area contributed by atoms with Crippen LogP contribution < -0.4 is 5.56 Å². The third kappa shape index (κ3) is 3.54. The van der Waals surface area contributed by atoms with Gasteiger partial charge < -0.3 is 14.3 Å². The third-order valence-corrected chi connectivity index (χ3v) is 5.51. The average molecular weight is 364 g/mol. The summed E-state index contributed by atoms with van der Waals surface area (Å²) in [4.78, 5) is 30.6. The molecule has 5 heteroatoms. The first kappa shape index (κ1) is 17.6. The van der Waals surface area contributed by atoms with Crippen LogP contribution in [0, 0.1) is 6.92 Å². The maximum absolute atomic E-state index is 13.1. The molecule has 0 bridgehead atoms. The van der Waals surface area contributed by atoms with Gasteiger partial charge in [0.15, 0.2) is 5.76 Å². The van der Waals surface area contributed by atoms with E-state index in [0.29, 0.717) is 17.9 Å². The Bertz CT molecular complexity index is 998. The number of pyridine rings is 1. The Morgan fingerprint density at radius 2 is 2.00 bits per heavy atom. The van der Waals surface area contributed by atoms with Gasteiger partial charge in [-0.15, -0.1) is 0 Å². The van der Waals surface area contributed by atoms with E-state index in [1.165, 1.54) is 12.7 Å². The highest BCUT2D eigenvalue weighted by molar-refractivity contribution is 5.91. The summed E-state index contributed by atoms with van der Waals surface area (Å²) in [6.07, 6.45) is 6.88. The number of rotatable bonds is 4. The van der Waals surface area contributed by atoms with E-state index in [0.717, 1.165) is 42.1 Å². The molecule has 1 aliphatic carbocycles. The average Bonchev–Trinajstić information content (AvgIpc) is 3.22. The minimum absolute atomic E-state index is 0.134. The number of aromatic amines is 1. The molecule has 0 atom stereocenters. The molecule has 0 aliphatic heterocycles. The van der Waals surface area contributed by atoms with Crippen molar-refractivity contribution >= 4 is 16.8 Å². The summed E-state index contributed by atoms with van der Waals surface area (Å²) in [6, 6.07) is 11.4. The summed E-state index contributed by atoms with van der Waals surface area (Å²) in [7, 11) is 0. The molecule has 1 aliphatic rings. The molecule has 0 spiro atoms. The smallest absolute Gasteiger partial charge is 0.290 e. The second kappa shape index (κ2) is 7.43. The van der Waals surface area contributed by atoms with Crippen molar-refractivity contribution in [3.63, 3.8) is 0 Å². The Morgan fingerprint density at radius 3 is 2.74 bits per heavy atom. The number of carbonyl (C=O) groups excluding carboxylic acids is 1. The van der Waals surface area contributed by atoms with E-state index < -0.39 is 0 Å². The molecule has 0 unspecified atom stereocenters. The minimum atomic E-state index is -0.143. The Balaban J connectivity index is 1.70. The number of H-pyrrole nitrogens is 1. The maximum atomic E-state index is 13.1. The van der Waals surface area contributed by atoms with Crippen molar-refractivity contribution in [2.24, 2.45) is 0 Å². The van der Waals surface area contributed by atoms with Gasteiger partial charge in [-0.1, -0.05) is 37.5 Å². The van der Waals surface area contributed by atoms with E-state index in [4.69, 9.17) is 4.42 Å². The van der Waals surface area contributed by atoms with Crippen LogP contribution >= 0.6 is 0 Å². The molecule has 140 valence electrons. The molecule has 1 aromatic carbocycles. The van der Waals surface area contributed by atoms with Crippen molar-refractivity contribution in [2.75, 3.05) is 0 Å². The van der Waals surface area contributed by atoms with Crippen molar-refractivity contribution in [1.82, 2.24) is 9.88 Å². The Morgan fingerprint density at radius 1 is 1.19 bits per heavy atom. The zero-order valence-corrected chi connectivity index (χ0v) is 15.5. The molecule has 2 aromatic heterocycles. The summed E-state index contributed by atoms with van der Waals surface area (Å²) >= 11 is 0. The summed E-state index contributed by atoms with van der Waals surface area (Å²) in [5.41, 5.74) is 2.36. The third-order valence-electron chi connectivity index (χ3n) is 5.51. The first-order valence-corrected chi connectivity index (χ1v) is 9.59. The molecule has 5 nitrogen and oxygen atoms in total. The molecule has 3 aromatic rings.